The van der Waals surface area contributed by atoms with Gasteiger partial charge in [-0.05, 0) is 56.4 Å². The van der Waals surface area contributed by atoms with Crippen LogP contribution in [0, 0.1) is 5.92 Å². The van der Waals surface area contributed by atoms with Crippen molar-refractivity contribution in [3.63, 3.8) is 0 Å². The maximum Gasteiger partial charge on any atom is 0.326 e. The standard InChI is InChI=1S/C24H30ClN6O5P.CH4O/c1-3-15-11-18(35-21(15)31-14-28-19-12-27-23(26)29-20(19)31)13-34-37(36-17-7-5-16(25)6-8-17)30-24(9-4-10-24)22(32)33-2;1-2/h5-8,12,14-15,18,21,30H,3-4,9-11,13H2,1-2H3,(H2,26,27,29);2H,1H3. The van der Waals surface area contributed by atoms with Gasteiger partial charge in [-0.2, -0.15) is 4.98 Å². The fourth-order valence-electron chi connectivity index (χ4n) is 4.70. The number of fused-ring (bicyclic) bond motifs is 1. The van der Waals surface area contributed by atoms with Gasteiger partial charge in [0.15, 0.2) is 5.65 Å². The van der Waals surface area contributed by atoms with E-state index in [1.54, 1.807) is 36.8 Å². The number of carbonyl (C=O) groups is 1. The van der Waals surface area contributed by atoms with Crippen molar-refractivity contribution in [2.75, 3.05) is 26.6 Å². The third-order valence-corrected chi connectivity index (χ3v) is 8.52. The maximum atomic E-state index is 12.5. The molecule has 0 bridgehead atoms. The lowest BCUT2D eigenvalue weighted by Gasteiger charge is -2.40. The number of carbonyl (C=O) groups excluding carboxylic acids is 1. The number of hydrogen-bond acceptors (Lipinski definition) is 11. The number of anilines is 1. The molecule has 5 rings (SSSR count). The highest BCUT2D eigenvalue weighted by atomic mass is 35.5. The molecule has 0 radical (unpaired) electrons. The van der Waals surface area contributed by atoms with Crippen LogP contribution in [0.25, 0.3) is 11.2 Å². The summed E-state index contributed by atoms with van der Waals surface area (Å²) in [5.74, 6) is 0.686. The van der Waals surface area contributed by atoms with E-state index in [-0.39, 0.29) is 36.8 Å². The molecule has 14 heteroatoms. The molecule has 3 heterocycles. The van der Waals surface area contributed by atoms with Crippen LogP contribution >= 0.6 is 20.1 Å². The van der Waals surface area contributed by atoms with Gasteiger partial charge >= 0.3 is 14.5 Å². The van der Waals surface area contributed by atoms with E-state index in [1.807, 2.05) is 4.57 Å². The van der Waals surface area contributed by atoms with Crippen LogP contribution in [0.5, 0.6) is 5.75 Å². The lowest BCUT2D eigenvalue weighted by atomic mass is 9.78. The van der Waals surface area contributed by atoms with E-state index in [0.29, 0.717) is 34.8 Å². The fraction of sp³-hybridized carbons (Fsp3) is 0.520. The summed E-state index contributed by atoms with van der Waals surface area (Å²) in [5, 5.41) is 10.9. The summed E-state index contributed by atoms with van der Waals surface area (Å²) in [4.78, 5) is 25.3. The number of methoxy groups -OCH3 is 1. The molecule has 4 N–H and O–H groups in total. The number of esters is 1. The van der Waals surface area contributed by atoms with Crippen LogP contribution in [0.2, 0.25) is 5.02 Å². The molecule has 1 aliphatic carbocycles. The first-order valence-corrected chi connectivity index (χ1v) is 14.2. The maximum absolute atomic E-state index is 12.5. The van der Waals surface area contributed by atoms with E-state index in [9.17, 15) is 4.79 Å². The van der Waals surface area contributed by atoms with Crippen LogP contribution in [-0.4, -0.2) is 63.1 Å². The summed E-state index contributed by atoms with van der Waals surface area (Å²) in [6.45, 7) is 2.40. The van der Waals surface area contributed by atoms with Crippen molar-refractivity contribution in [3.8, 4) is 5.75 Å². The SMILES string of the molecule is CCC1CC(COP(NC2(C(=O)OC)CCC2)Oc2ccc(Cl)cc2)OC1n1cnc2cnc(N)nc21.CO. The minimum absolute atomic E-state index is 0.187. The van der Waals surface area contributed by atoms with Crippen LogP contribution in [0.3, 0.4) is 0 Å². The molecule has 4 atom stereocenters. The van der Waals surface area contributed by atoms with Gasteiger partial charge in [0.1, 0.15) is 23.0 Å². The van der Waals surface area contributed by atoms with Gasteiger partial charge in [0.2, 0.25) is 5.95 Å². The molecule has 12 nitrogen and oxygen atoms in total. The Labute approximate surface area is 233 Å². The van der Waals surface area contributed by atoms with E-state index >= 15 is 0 Å². The van der Waals surface area contributed by atoms with Crippen LogP contribution < -0.4 is 15.3 Å². The normalized spacial score (nSPS) is 22.4. The number of imidazole rings is 1. The Balaban J connectivity index is 0.00000172. The lowest BCUT2D eigenvalue weighted by molar-refractivity contribution is -0.151. The Morgan fingerprint density at radius 2 is 2.05 bits per heavy atom. The summed E-state index contributed by atoms with van der Waals surface area (Å²) in [7, 11) is 0.708. The number of aliphatic hydroxyl groups excluding tert-OH is 1. The number of nitrogens with zero attached hydrogens (tertiary/aromatic N) is 4. The van der Waals surface area contributed by atoms with Crippen LogP contribution in [0.15, 0.2) is 36.8 Å². The van der Waals surface area contributed by atoms with Crippen molar-refractivity contribution in [3.05, 3.63) is 41.8 Å². The number of nitrogen functional groups attached to an aromatic ring is 1. The number of aromatic nitrogens is 4. The molecule has 1 aliphatic heterocycles. The zero-order valence-electron chi connectivity index (χ0n) is 22.1. The summed E-state index contributed by atoms with van der Waals surface area (Å²) < 4.78 is 25.8. The van der Waals surface area contributed by atoms with Crippen LogP contribution in [-0.2, 0) is 18.8 Å². The number of nitrogens with two attached hydrogens (primary N) is 1. The fourth-order valence-corrected chi connectivity index (χ4v) is 6.27. The molecule has 4 unspecified atom stereocenters. The van der Waals surface area contributed by atoms with E-state index in [1.165, 1.54) is 7.11 Å². The smallest absolute Gasteiger partial charge is 0.326 e. The van der Waals surface area contributed by atoms with Gasteiger partial charge in [-0.15, -0.1) is 0 Å². The average Bonchev–Trinajstić information content (AvgIpc) is 3.54. The second kappa shape index (κ2) is 13.2. The molecule has 0 amide bonds. The minimum atomic E-state index is -1.68. The number of nitrogens with one attached hydrogen (secondary N) is 1. The van der Waals surface area contributed by atoms with Crippen LogP contribution in [0.4, 0.5) is 5.95 Å². The van der Waals surface area contributed by atoms with Crippen molar-refractivity contribution < 1.29 is 28.4 Å². The molecule has 39 heavy (non-hydrogen) atoms. The van der Waals surface area contributed by atoms with Gasteiger partial charge in [0, 0.05) is 18.1 Å². The van der Waals surface area contributed by atoms with Gasteiger partial charge in [-0.3, -0.25) is 9.36 Å². The van der Waals surface area contributed by atoms with Crippen molar-refractivity contribution in [1.82, 2.24) is 24.6 Å². The molecular weight excluding hydrogens is 547 g/mol. The second-order valence-electron chi connectivity index (χ2n) is 9.28. The summed E-state index contributed by atoms with van der Waals surface area (Å²) in [5.41, 5.74) is 6.29. The first-order chi connectivity index (χ1) is 18.9. The number of ether oxygens (including phenoxy) is 2. The predicted molar refractivity (Wildman–Crippen MR) is 147 cm³/mol. The van der Waals surface area contributed by atoms with E-state index in [4.69, 9.17) is 41.0 Å². The molecule has 212 valence electrons. The Morgan fingerprint density at radius 3 is 2.69 bits per heavy atom. The Morgan fingerprint density at radius 1 is 1.31 bits per heavy atom. The van der Waals surface area contributed by atoms with Crippen molar-refractivity contribution in [2.45, 2.75) is 56.9 Å². The third-order valence-electron chi connectivity index (χ3n) is 6.90. The Hall–Kier alpha value is -2.60. The number of halogens is 1. The Bertz CT molecular complexity index is 1240. The highest BCUT2D eigenvalue weighted by Crippen LogP contribution is 2.46. The molecule has 1 aromatic carbocycles. The minimum Gasteiger partial charge on any atom is -0.468 e. The van der Waals surface area contributed by atoms with Gasteiger partial charge in [0.25, 0.3) is 0 Å². The molecule has 1 saturated carbocycles. The number of benzene rings is 1. The number of aliphatic hydroxyl groups is 1. The van der Waals surface area contributed by atoms with Gasteiger partial charge < -0.3 is 29.4 Å². The molecule has 0 spiro atoms. The zero-order chi connectivity index (χ0) is 28.0. The molecule has 2 aliphatic rings. The third kappa shape index (κ3) is 6.59. The first kappa shape index (κ1) is 29.4. The Kier molecular flexibility index (Phi) is 9.92. The molecule has 2 aromatic heterocycles. The van der Waals surface area contributed by atoms with Gasteiger partial charge in [-0.1, -0.05) is 18.5 Å². The zero-order valence-corrected chi connectivity index (χ0v) is 23.8. The average molecular weight is 581 g/mol. The van der Waals surface area contributed by atoms with Gasteiger partial charge in [-0.25, -0.2) is 15.1 Å². The largest absolute Gasteiger partial charge is 0.468 e. The predicted octanol–water partition coefficient (Wildman–Crippen LogP) is 3.99. The molecule has 1 saturated heterocycles. The van der Waals surface area contributed by atoms with Crippen molar-refractivity contribution >= 4 is 43.2 Å². The van der Waals surface area contributed by atoms with Crippen molar-refractivity contribution in [2.24, 2.45) is 5.92 Å². The quantitative estimate of drug-likeness (QED) is 0.235. The molecule has 2 fully saturated rings. The summed E-state index contributed by atoms with van der Waals surface area (Å²) in [6.07, 6.45) is 6.79. The molecular formula is C25H34ClN6O6P. The van der Waals surface area contributed by atoms with E-state index < -0.39 is 14.1 Å². The summed E-state index contributed by atoms with van der Waals surface area (Å²) >= 11 is 6.03. The highest BCUT2D eigenvalue weighted by molar-refractivity contribution is 7.45. The van der Waals surface area contributed by atoms with Gasteiger partial charge in [0.05, 0.1) is 32.3 Å². The summed E-state index contributed by atoms with van der Waals surface area (Å²) in [6, 6.07) is 7.01. The second-order valence-corrected chi connectivity index (χ2v) is 10.9. The first-order valence-electron chi connectivity index (χ1n) is 12.7. The highest BCUT2D eigenvalue weighted by Gasteiger charge is 2.48. The van der Waals surface area contributed by atoms with E-state index in [2.05, 4.69) is 27.0 Å². The molecule has 3 aromatic rings. The topological polar surface area (TPSA) is 156 Å². The monoisotopic (exact) mass is 580 g/mol. The number of rotatable bonds is 10. The number of hydrogen-bond donors (Lipinski definition) is 3. The van der Waals surface area contributed by atoms with Crippen molar-refractivity contribution in [1.29, 1.82) is 0 Å². The lowest BCUT2D eigenvalue weighted by Crippen LogP contribution is -2.56. The van der Waals surface area contributed by atoms with Crippen LogP contribution in [0.1, 0.15) is 45.3 Å². The van der Waals surface area contributed by atoms with E-state index in [0.717, 1.165) is 26.4 Å².